The Labute approximate surface area is 174 Å². The number of fused-ring (bicyclic) bond motifs is 1. The van der Waals surface area contributed by atoms with E-state index in [0.717, 1.165) is 32.4 Å². The number of carbonyl (C=O) groups is 1. The Kier molecular flexibility index (Phi) is 6.12. The zero-order chi connectivity index (χ0) is 20.2. The molecule has 2 atom stereocenters. The number of rotatable bonds is 6. The molecule has 0 aromatic heterocycles. The second kappa shape index (κ2) is 8.93. The number of nitrogens with one attached hydrogen (secondary N) is 2. The number of hydrogen-bond acceptors (Lipinski definition) is 3. The van der Waals surface area contributed by atoms with Crippen LogP contribution in [0.15, 0.2) is 60.2 Å². The van der Waals surface area contributed by atoms with Crippen LogP contribution in [0.1, 0.15) is 30.0 Å². The lowest BCUT2D eigenvalue weighted by molar-refractivity contribution is -0.125. The highest BCUT2D eigenvalue weighted by atomic mass is 16.2. The Balaban J connectivity index is 1.40. The van der Waals surface area contributed by atoms with E-state index in [-0.39, 0.29) is 11.9 Å². The van der Waals surface area contributed by atoms with Crippen molar-refractivity contribution in [2.75, 3.05) is 20.1 Å². The number of carbonyl (C=O) groups excluding carboxylic acids is 1. The molecule has 1 aliphatic carbocycles. The summed E-state index contributed by atoms with van der Waals surface area (Å²) in [6.07, 6.45) is 5.18. The van der Waals surface area contributed by atoms with Crippen molar-refractivity contribution >= 4 is 12.0 Å². The molecule has 4 nitrogen and oxygen atoms in total. The summed E-state index contributed by atoms with van der Waals surface area (Å²) in [7, 11) is 1.75. The van der Waals surface area contributed by atoms with Crippen molar-refractivity contribution < 1.29 is 4.79 Å². The minimum absolute atomic E-state index is 0.0461. The van der Waals surface area contributed by atoms with Gasteiger partial charge in [0.05, 0.1) is 6.04 Å². The molecule has 2 aromatic rings. The maximum absolute atomic E-state index is 12.6. The Morgan fingerprint density at radius 2 is 1.72 bits per heavy atom. The quantitative estimate of drug-likeness (QED) is 0.798. The van der Waals surface area contributed by atoms with Gasteiger partial charge in [0.2, 0.25) is 5.91 Å². The van der Waals surface area contributed by atoms with Gasteiger partial charge in [0.25, 0.3) is 0 Å². The average molecular weight is 390 g/mol. The molecule has 1 fully saturated rings. The van der Waals surface area contributed by atoms with Crippen molar-refractivity contribution in [3.05, 3.63) is 76.9 Å². The fraction of sp³-hybridized carbons (Fsp3) is 0.400. The van der Waals surface area contributed by atoms with Crippen molar-refractivity contribution in [1.82, 2.24) is 15.5 Å². The fourth-order valence-corrected chi connectivity index (χ4v) is 4.80. The molecular weight excluding hydrogens is 358 g/mol. The van der Waals surface area contributed by atoms with Crippen LogP contribution in [0.2, 0.25) is 0 Å². The molecule has 1 heterocycles. The van der Waals surface area contributed by atoms with Crippen LogP contribution in [-0.4, -0.2) is 49.1 Å². The highest BCUT2D eigenvalue weighted by molar-refractivity contribution is 5.82. The summed E-state index contributed by atoms with van der Waals surface area (Å²) in [5.41, 5.74) is 5.41. The zero-order valence-corrected chi connectivity index (χ0v) is 17.4. The largest absolute Gasteiger partial charge is 0.358 e. The lowest BCUT2D eigenvalue weighted by Gasteiger charge is -2.29. The van der Waals surface area contributed by atoms with Crippen molar-refractivity contribution in [1.29, 1.82) is 0 Å². The Hall–Kier alpha value is -2.43. The van der Waals surface area contributed by atoms with E-state index in [2.05, 4.69) is 77.1 Å². The van der Waals surface area contributed by atoms with Gasteiger partial charge in [0.1, 0.15) is 0 Å². The van der Waals surface area contributed by atoms with Gasteiger partial charge in [-0.25, -0.2) is 0 Å². The van der Waals surface area contributed by atoms with E-state index < -0.39 is 0 Å². The minimum atomic E-state index is -0.0461. The van der Waals surface area contributed by atoms with Gasteiger partial charge in [-0.05, 0) is 42.9 Å². The first kappa shape index (κ1) is 19.9. The molecule has 29 heavy (non-hydrogen) atoms. The third-order valence-corrected chi connectivity index (χ3v) is 6.27. The SMILES string of the molecule is CNC(=O)[C@@H]1C[C@@H](NCC(C)=Cc2ccccc2)CN1C1Cc2ccccc2C1. The summed E-state index contributed by atoms with van der Waals surface area (Å²) in [6.45, 7) is 3.94. The molecule has 4 heteroatoms. The predicted molar refractivity (Wildman–Crippen MR) is 119 cm³/mol. The molecule has 2 N–H and O–H groups in total. The van der Waals surface area contributed by atoms with Crippen LogP contribution in [0.5, 0.6) is 0 Å². The second-order valence-corrected chi connectivity index (χ2v) is 8.37. The summed E-state index contributed by atoms with van der Waals surface area (Å²) in [5.74, 6) is 0.141. The number of benzene rings is 2. The Morgan fingerprint density at radius 1 is 1.07 bits per heavy atom. The van der Waals surface area contributed by atoms with E-state index in [1.165, 1.54) is 22.3 Å². The predicted octanol–water partition coefficient (Wildman–Crippen LogP) is 3.04. The smallest absolute Gasteiger partial charge is 0.237 e. The van der Waals surface area contributed by atoms with Crippen molar-refractivity contribution in [2.45, 2.75) is 44.3 Å². The third-order valence-electron chi connectivity index (χ3n) is 6.27. The van der Waals surface area contributed by atoms with Crippen LogP contribution in [0.25, 0.3) is 6.08 Å². The topological polar surface area (TPSA) is 44.4 Å². The molecule has 0 spiro atoms. The van der Waals surface area contributed by atoms with Gasteiger partial charge in [-0.3, -0.25) is 9.69 Å². The molecule has 0 bridgehead atoms. The Bertz CT molecular complexity index is 852. The monoisotopic (exact) mass is 389 g/mol. The molecule has 4 rings (SSSR count). The normalized spacial score (nSPS) is 22.6. The molecule has 0 saturated carbocycles. The highest BCUT2D eigenvalue weighted by Gasteiger charge is 2.41. The van der Waals surface area contributed by atoms with E-state index in [0.29, 0.717) is 12.1 Å². The number of likely N-dealkylation sites (N-methyl/N-ethyl adjacent to an activating group) is 1. The molecule has 2 aliphatic rings. The first-order chi connectivity index (χ1) is 14.1. The van der Waals surface area contributed by atoms with Crippen LogP contribution in [-0.2, 0) is 17.6 Å². The van der Waals surface area contributed by atoms with Gasteiger partial charge in [-0.1, -0.05) is 66.2 Å². The lowest BCUT2D eigenvalue weighted by Crippen LogP contribution is -2.47. The van der Waals surface area contributed by atoms with Gasteiger partial charge in [-0.15, -0.1) is 0 Å². The van der Waals surface area contributed by atoms with E-state index >= 15 is 0 Å². The van der Waals surface area contributed by atoms with Gasteiger partial charge in [0, 0.05) is 32.2 Å². The number of amides is 1. The average Bonchev–Trinajstić information content (AvgIpc) is 3.36. The number of likely N-dealkylation sites (tertiary alicyclic amines) is 1. The van der Waals surface area contributed by atoms with E-state index in [4.69, 9.17) is 0 Å². The molecule has 0 unspecified atom stereocenters. The van der Waals surface area contributed by atoms with Gasteiger partial charge >= 0.3 is 0 Å². The van der Waals surface area contributed by atoms with Crippen LogP contribution in [0.4, 0.5) is 0 Å². The van der Waals surface area contributed by atoms with Crippen LogP contribution in [0.3, 0.4) is 0 Å². The van der Waals surface area contributed by atoms with E-state index in [1.54, 1.807) is 7.05 Å². The van der Waals surface area contributed by atoms with E-state index in [9.17, 15) is 4.79 Å². The van der Waals surface area contributed by atoms with Crippen molar-refractivity contribution in [3.8, 4) is 0 Å². The summed E-state index contributed by atoms with van der Waals surface area (Å²) < 4.78 is 0. The molecule has 152 valence electrons. The highest BCUT2D eigenvalue weighted by Crippen LogP contribution is 2.30. The molecule has 1 saturated heterocycles. The van der Waals surface area contributed by atoms with Crippen LogP contribution < -0.4 is 10.6 Å². The molecule has 1 aliphatic heterocycles. The Morgan fingerprint density at radius 3 is 2.38 bits per heavy atom. The van der Waals surface area contributed by atoms with Gasteiger partial charge in [-0.2, -0.15) is 0 Å². The van der Waals surface area contributed by atoms with Gasteiger partial charge in [0.15, 0.2) is 0 Å². The zero-order valence-electron chi connectivity index (χ0n) is 17.4. The fourth-order valence-electron chi connectivity index (χ4n) is 4.80. The number of nitrogens with zero attached hydrogens (tertiary/aromatic N) is 1. The second-order valence-electron chi connectivity index (χ2n) is 8.37. The summed E-state index contributed by atoms with van der Waals surface area (Å²) in [6, 6.07) is 19.8. The van der Waals surface area contributed by atoms with Crippen molar-refractivity contribution in [2.24, 2.45) is 0 Å². The first-order valence-electron chi connectivity index (χ1n) is 10.6. The number of hydrogen-bond donors (Lipinski definition) is 2. The molecule has 0 radical (unpaired) electrons. The maximum atomic E-state index is 12.6. The standard InChI is InChI=1S/C25H31N3O/c1-18(12-19-8-4-3-5-9-19)16-27-22-15-24(25(29)26-2)28(17-22)23-13-20-10-6-7-11-21(20)14-23/h3-12,22-24,27H,13-17H2,1-2H3,(H,26,29)/t22-,24+/m1/s1. The molecule has 1 amide bonds. The summed E-state index contributed by atoms with van der Waals surface area (Å²) in [4.78, 5) is 15.0. The summed E-state index contributed by atoms with van der Waals surface area (Å²) in [5, 5.41) is 6.58. The maximum Gasteiger partial charge on any atom is 0.237 e. The van der Waals surface area contributed by atoms with Crippen molar-refractivity contribution in [3.63, 3.8) is 0 Å². The van der Waals surface area contributed by atoms with Crippen LogP contribution in [0, 0.1) is 0 Å². The molecule has 2 aromatic carbocycles. The minimum Gasteiger partial charge on any atom is -0.358 e. The lowest BCUT2D eigenvalue weighted by atomic mass is 10.1. The first-order valence-corrected chi connectivity index (χ1v) is 10.6. The summed E-state index contributed by atoms with van der Waals surface area (Å²) >= 11 is 0. The van der Waals surface area contributed by atoms with E-state index in [1.807, 2.05) is 6.07 Å². The van der Waals surface area contributed by atoms with Crippen LogP contribution >= 0.6 is 0 Å². The third kappa shape index (κ3) is 4.60. The molecular formula is C25H31N3O. The van der Waals surface area contributed by atoms with Gasteiger partial charge < -0.3 is 10.6 Å².